The van der Waals surface area contributed by atoms with Crippen molar-refractivity contribution in [2.45, 2.75) is 44.8 Å². The topological polar surface area (TPSA) is 94.9 Å². The van der Waals surface area contributed by atoms with Gasteiger partial charge in [0.05, 0.1) is 18.8 Å². The number of furan rings is 1. The Morgan fingerprint density at radius 1 is 1.40 bits per heavy atom. The van der Waals surface area contributed by atoms with Crippen molar-refractivity contribution in [3.8, 4) is 0 Å². The lowest BCUT2D eigenvalue weighted by atomic mass is 9.98. The van der Waals surface area contributed by atoms with Gasteiger partial charge in [0, 0.05) is 19.1 Å². The fraction of sp³-hybridized carbons (Fsp3) is 0.588. The summed E-state index contributed by atoms with van der Waals surface area (Å²) in [6.45, 7) is 6.59. The molecule has 136 valence electrons. The molecule has 4 amide bonds. The van der Waals surface area contributed by atoms with Gasteiger partial charge >= 0.3 is 6.03 Å². The van der Waals surface area contributed by atoms with Gasteiger partial charge in [0.25, 0.3) is 5.91 Å². The van der Waals surface area contributed by atoms with Crippen molar-refractivity contribution in [3.05, 3.63) is 24.2 Å². The summed E-state index contributed by atoms with van der Waals surface area (Å²) < 4.78 is 5.28. The number of carbonyl (C=O) groups excluding carboxylic acids is 3. The van der Waals surface area contributed by atoms with Crippen LogP contribution in [-0.2, 0) is 9.59 Å². The summed E-state index contributed by atoms with van der Waals surface area (Å²) in [6, 6.07) is 2.83. The number of nitrogens with one attached hydrogen (secondary N) is 2. The van der Waals surface area contributed by atoms with Crippen molar-refractivity contribution in [1.82, 2.24) is 20.4 Å². The molecular weight excluding hydrogens is 324 g/mol. The smallest absolute Gasteiger partial charge is 0.325 e. The van der Waals surface area contributed by atoms with Crippen molar-refractivity contribution in [2.75, 3.05) is 19.6 Å². The molecule has 2 fully saturated rings. The molecular formula is C17H24N4O4. The molecule has 0 bridgehead atoms. The monoisotopic (exact) mass is 348 g/mol. The first-order chi connectivity index (χ1) is 11.8. The van der Waals surface area contributed by atoms with E-state index >= 15 is 0 Å². The SMILES string of the molecule is CC(C)N1C(=O)N[C@]2(CCN(CC(=O)N[C@@H](C)c3ccco3)C2)C1=O. The van der Waals surface area contributed by atoms with Crippen molar-refractivity contribution < 1.29 is 18.8 Å². The minimum Gasteiger partial charge on any atom is -0.467 e. The number of rotatable bonds is 5. The molecule has 2 aliphatic heterocycles. The van der Waals surface area contributed by atoms with E-state index in [1.807, 2.05) is 31.7 Å². The number of amides is 4. The summed E-state index contributed by atoms with van der Waals surface area (Å²) in [5.41, 5.74) is -0.895. The zero-order chi connectivity index (χ0) is 18.2. The Labute approximate surface area is 146 Å². The van der Waals surface area contributed by atoms with Gasteiger partial charge in [-0.15, -0.1) is 0 Å². The molecule has 0 saturated carbocycles. The first-order valence-corrected chi connectivity index (χ1v) is 8.53. The first-order valence-electron chi connectivity index (χ1n) is 8.53. The molecule has 3 heterocycles. The normalized spacial score (nSPS) is 25.0. The first kappa shape index (κ1) is 17.5. The van der Waals surface area contributed by atoms with E-state index in [1.54, 1.807) is 12.3 Å². The van der Waals surface area contributed by atoms with E-state index < -0.39 is 5.54 Å². The maximum atomic E-state index is 12.6. The lowest BCUT2D eigenvalue weighted by Gasteiger charge is -2.23. The molecule has 1 spiro atoms. The number of carbonyl (C=O) groups is 3. The van der Waals surface area contributed by atoms with Crippen molar-refractivity contribution in [3.63, 3.8) is 0 Å². The molecule has 1 aromatic rings. The van der Waals surface area contributed by atoms with Gasteiger partial charge in [0.1, 0.15) is 11.3 Å². The Balaban J connectivity index is 1.57. The molecule has 0 aliphatic carbocycles. The van der Waals surface area contributed by atoms with E-state index in [0.29, 0.717) is 25.3 Å². The highest BCUT2D eigenvalue weighted by Gasteiger charge is 2.55. The average Bonchev–Trinajstić information content (AvgIpc) is 3.21. The van der Waals surface area contributed by atoms with Crippen LogP contribution in [0.1, 0.15) is 39.0 Å². The largest absolute Gasteiger partial charge is 0.467 e. The quantitative estimate of drug-likeness (QED) is 0.770. The summed E-state index contributed by atoms with van der Waals surface area (Å²) in [4.78, 5) is 40.1. The number of imide groups is 1. The van der Waals surface area contributed by atoms with E-state index in [4.69, 9.17) is 4.42 Å². The Morgan fingerprint density at radius 2 is 2.16 bits per heavy atom. The average molecular weight is 348 g/mol. The standard InChI is InChI=1S/C17H24N4O4/c1-11(2)21-15(23)17(19-16(21)24)6-7-20(10-17)9-14(22)18-12(3)13-5-4-8-25-13/h4-5,8,11-12H,6-7,9-10H2,1-3H3,(H,18,22)(H,19,24)/t12-,17-/m0/s1. The molecule has 0 radical (unpaired) electrons. The summed E-state index contributed by atoms with van der Waals surface area (Å²) in [6.07, 6.45) is 2.08. The molecule has 3 rings (SSSR count). The third kappa shape index (κ3) is 3.26. The van der Waals surface area contributed by atoms with Crippen LogP contribution in [0.3, 0.4) is 0 Å². The van der Waals surface area contributed by atoms with Crippen LogP contribution in [0.25, 0.3) is 0 Å². The fourth-order valence-corrected chi connectivity index (χ4v) is 3.51. The highest BCUT2D eigenvalue weighted by molar-refractivity contribution is 6.07. The summed E-state index contributed by atoms with van der Waals surface area (Å²) >= 11 is 0. The van der Waals surface area contributed by atoms with Crippen molar-refractivity contribution in [1.29, 1.82) is 0 Å². The van der Waals surface area contributed by atoms with Crippen LogP contribution >= 0.6 is 0 Å². The van der Waals surface area contributed by atoms with Gasteiger partial charge in [-0.05, 0) is 39.3 Å². The third-order valence-electron chi connectivity index (χ3n) is 4.77. The molecule has 2 saturated heterocycles. The minimum atomic E-state index is -0.895. The molecule has 2 atom stereocenters. The Morgan fingerprint density at radius 3 is 2.76 bits per heavy atom. The molecule has 1 aromatic heterocycles. The lowest BCUT2D eigenvalue weighted by Crippen LogP contribution is -2.50. The summed E-state index contributed by atoms with van der Waals surface area (Å²) in [5.74, 6) is 0.356. The summed E-state index contributed by atoms with van der Waals surface area (Å²) in [7, 11) is 0. The van der Waals surface area contributed by atoms with Gasteiger partial charge in [-0.25, -0.2) is 4.79 Å². The van der Waals surface area contributed by atoms with Crippen LogP contribution in [0.15, 0.2) is 22.8 Å². The molecule has 25 heavy (non-hydrogen) atoms. The minimum absolute atomic E-state index is 0.140. The van der Waals surface area contributed by atoms with E-state index in [9.17, 15) is 14.4 Å². The second-order valence-electron chi connectivity index (χ2n) is 7.05. The van der Waals surface area contributed by atoms with Gasteiger partial charge < -0.3 is 15.1 Å². The van der Waals surface area contributed by atoms with Gasteiger partial charge in [-0.3, -0.25) is 19.4 Å². The molecule has 2 N–H and O–H groups in total. The number of nitrogens with zero attached hydrogens (tertiary/aromatic N) is 2. The van der Waals surface area contributed by atoms with E-state index in [1.165, 1.54) is 4.90 Å². The highest BCUT2D eigenvalue weighted by atomic mass is 16.3. The Kier molecular flexibility index (Phi) is 4.55. The van der Waals surface area contributed by atoms with Crippen molar-refractivity contribution in [2.24, 2.45) is 0 Å². The van der Waals surface area contributed by atoms with Gasteiger partial charge in [0.2, 0.25) is 5.91 Å². The van der Waals surface area contributed by atoms with Crippen LogP contribution in [0.5, 0.6) is 0 Å². The predicted octanol–water partition coefficient (Wildman–Crippen LogP) is 0.862. The lowest BCUT2D eigenvalue weighted by molar-refractivity contribution is -0.132. The molecule has 8 heteroatoms. The molecule has 8 nitrogen and oxygen atoms in total. The van der Waals surface area contributed by atoms with Crippen LogP contribution in [-0.4, -0.2) is 58.9 Å². The van der Waals surface area contributed by atoms with E-state index in [0.717, 1.165) is 0 Å². The van der Waals surface area contributed by atoms with Gasteiger partial charge in [-0.2, -0.15) is 0 Å². The predicted molar refractivity (Wildman–Crippen MR) is 89.6 cm³/mol. The molecule has 0 unspecified atom stereocenters. The molecule has 2 aliphatic rings. The highest BCUT2D eigenvalue weighted by Crippen LogP contribution is 2.29. The Bertz CT molecular complexity index is 672. The fourth-order valence-electron chi connectivity index (χ4n) is 3.51. The number of urea groups is 1. The number of likely N-dealkylation sites (tertiary alicyclic amines) is 1. The van der Waals surface area contributed by atoms with Gasteiger partial charge in [0.15, 0.2) is 0 Å². The van der Waals surface area contributed by atoms with Crippen LogP contribution < -0.4 is 10.6 Å². The Hall–Kier alpha value is -2.35. The summed E-state index contributed by atoms with van der Waals surface area (Å²) in [5, 5.41) is 5.70. The van der Waals surface area contributed by atoms with E-state index in [2.05, 4.69) is 10.6 Å². The van der Waals surface area contributed by atoms with Crippen molar-refractivity contribution >= 4 is 17.8 Å². The van der Waals surface area contributed by atoms with E-state index in [-0.39, 0.29) is 36.5 Å². The van der Waals surface area contributed by atoms with Crippen LogP contribution in [0.2, 0.25) is 0 Å². The number of hydrogen-bond acceptors (Lipinski definition) is 5. The zero-order valence-corrected chi connectivity index (χ0v) is 14.7. The number of hydrogen-bond donors (Lipinski definition) is 2. The second kappa shape index (κ2) is 6.51. The van der Waals surface area contributed by atoms with Crippen LogP contribution in [0.4, 0.5) is 4.79 Å². The van der Waals surface area contributed by atoms with Gasteiger partial charge in [-0.1, -0.05) is 0 Å². The molecule has 0 aromatic carbocycles. The maximum Gasteiger partial charge on any atom is 0.325 e. The third-order valence-corrected chi connectivity index (χ3v) is 4.77. The second-order valence-corrected chi connectivity index (χ2v) is 7.05. The van der Waals surface area contributed by atoms with Crippen LogP contribution in [0, 0.1) is 0 Å². The zero-order valence-electron chi connectivity index (χ0n) is 14.7. The maximum absolute atomic E-state index is 12.6.